The SMILES string of the molecule is CCCS(=O)(=O)N(CCOC)CC(=O)N(Cc1cccc(Cl)c1)C1CCN(S(=O)(=O)CC)CC1. The van der Waals surface area contributed by atoms with E-state index >= 15 is 0 Å². The van der Waals surface area contributed by atoms with Crippen molar-refractivity contribution >= 4 is 37.6 Å². The lowest BCUT2D eigenvalue weighted by Gasteiger charge is -2.39. The number of carbonyl (C=O) groups is 1. The van der Waals surface area contributed by atoms with Gasteiger partial charge in [-0.05, 0) is 43.9 Å². The molecule has 1 aromatic carbocycles. The maximum absolute atomic E-state index is 13.5. The van der Waals surface area contributed by atoms with E-state index in [1.54, 1.807) is 36.9 Å². The molecule has 0 unspecified atom stereocenters. The van der Waals surface area contributed by atoms with Gasteiger partial charge in [0.25, 0.3) is 0 Å². The van der Waals surface area contributed by atoms with Crippen LogP contribution >= 0.6 is 11.6 Å². The third-order valence-corrected chi connectivity index (χ3v) is 10.0. The van der Waals surface area contributed by atoms with Crippen LogP contribution in [0.5, 0.6) is 0 Å². The Morgan fingerprint density at radius 3 is 2.41 bits per heavy atom. The molecule has 0 N–H and O–H groups in total. The van der Waals surface area contributed by atoms with E-state index in [2.05, 4.69) is 0 Å². The second-order valence-electron chi connectivity index (χ2n) is 8.32. The standard InChI is InChI=1S/C22H36ClN3O6S2/c1-4-15-34(30,31)25(13-14-32-3)18-22(27)26(17-19-7-6-8-20(23)16-19)21-9-11-24(12-10-21)33(28,29)5-2/h6-8,16,21H,4-5,9-15,17-18H2,1-3H3. The van der Waals surface area contributed by atoms with E-state index in [9.17, 15) is 21.6 Å². The van der Waals surface area contributed by atoms with Gasteiger partial charge in [-0.25, -0.2) is 21.1 Å². The molecular formula is C22H36ClN3O6S2. The fourth-order valence-corrected chi connectivity index (χ4v) is 6.78. The number of amides is 1. The summed E-state index contributed by atoms with van der Waals surface area (Å²) in [7, 11) is -5.43. The number of sulfonamides is 2. The van der Waals surface area contributed by atoms with Crippen LogP contribution in [0.15, 0.2) is 24.3 Å². The Kier molecular flexibility index (Phi) is 11.2. The van der Waals surface area contributed by atoms with Gasteiger partial charge in [0.05, 0.1) is 24.7 Å². The monoisotopic (exact) mass is 537 g/mol. The minimum Gasteiger partial charge on any atom is -0.383 e. The van der Waals surface area contributed by atoms with Crippen LogP contribution in [0.4, 0.5) is 0 Å². The molecule has 1 aliphatic rings. The number of carbonyl (C=O) groups excluding carboxylic acids is 1. The minimum absolute atomic E-state index is 0.0343. The highest BCUT2D eigenvalue weighted by Crippen LogP contribution is 2.23. The maximum Gasteiger partial charge on any atom is 0.238 e. The first-order valence-corrected chi connectivity index (χ1v) is 15.1. The molecule has 0 aliphatic carbocycles. The van der Waals surface area contributed by atoms with E-state index < -0.39 is 20.0 Å². The molecule has 1 aromatic rings. The summed E-state index contributed by atoms with van der Waals surface area (Å²) >= 11 is 6.14. The molecule has 194 valence electrons. The number of ether oxygens (including phenoxy) is 1. The molecule has 12 heteroatoms. The van der Waals surface area contributed by atoms with Gasteiger partial charge in [-0.2, -0.15) is 4.31 Å². The fourth-order valence-electron chi connectivity index (χ4n) is 4.01. The van der Waals surface area contributed by atoms with Crippen LogP contribution < -0.4 is 0 Å². The van der Waals surface area contributed by atoms with Crippen molar-refractivity contribution in [3.8, 4) is 0 Å². The summed E-state index contributed by atoms with van der Waals surface area (Å²) in [4.78, 5) is 15.2. The topological polar surface area (TPSA) is 104 Å². The lowest BCUT2D eigenvalue weighted by molar-refractivity contribution is -0.135. The van der Waals surface area contributed by atoms with Crippen molar-refractivity contribution in [2.45, 2.75) is 45.7 Å². The lowest BCUT2D eigenvalue weighted by Crippen LogP contribution is -2.51. The molecule has 0 aromatic heterocycles. The second kappa shape index (κ2) is 13.2. The van der Waals surface area contributed by atoms with E-state index in [-0.39, 0.29) is 49.7 Å². The van der Waals surface area contributed by atoms with Crippen LogP contribution in [0.25, 0.3) is 0 Å². The molecule has 1 heterocycles. The summed E-state index contributed by atoms with van der Waals surface area (Å²) in [5.74, 6) is -0.342. The van der Waals surface area contributed by atoms with E-state index in [1.807, 2.05) is 6.07 Å². The largest absolute Gasteiger partial charge is 0.383 e. The highest BCUT2D eigenvalue weighted by molar-refractivity contribution is 7.89. The third kappa shape index (κ3) is 8.17. The molecule has 2 rings (SSSR count). The van der Waals surface area contributed by atoms with Gasteiger partial charge >= 0.3 is 0 Å². The molecule has 0 saturated carbocycles. The Hall–Kier alpha value is -1.24. The van der Waals surface area contributed by atoms with Crippen molar-refractivity contribution in [3.05, 3.63) is 34.9 Å². The summed E-state index contributed by atoms with van der Waals surface area (Å²) in [6.07, 6.45) is 1.40. The molecule has 0 radical (unpaired) electrons. The van der Waals surface area contributed by atoms with Crippen molar-refractivity contribution in [3.63, 3.8) is 0 Å². The van der Waals surface area contributed by atoms with Gasteiger partial charge in [0.1, 0.15) is 0 Å². The maximum atomic E-state index is 13.5. The molecule has 34 heavy (non-hydrogen) atoms. The Labute approximate surface area is 209 Å². The number of benzene rings is 1. The number of rotatable bonds is 13. The predicted octanol–water partition coefficient (Wildman–Crippen LogP) is 2.17. The first-order chi connectivity index (χ1) is 16.0. The zero-order chi connectivity index (χ0) is 25.4. The van der Waals surface area contributed by atoms with E-state index in [1.165, 1.54) is 15.7 Å². The average molecular weight is 538 g/mol. The van der Waals surface area contributed by atoms with Crippen LogP contribution in [0.1, 0.15) is 38.7 Å². The number of halogens is 1. The molecule has 0 bridgehead atoms. The molecular weight excluding hydrogens is 502 g/mol. The average Bonchev–Trinajstić information content (AvgIpc) is 2.80. The summed E-state index contributed by atoms with van der Waals surface area (Å²) in [6, 6.07) is 6.96. The predicted molar refractivity (Wildman–Crippen MR) is 134 cm³/mol. The van der Waals surface area contributed by atoms with Crippen LogP contribution in [0.3, 0.4) is 0 Å². The molecule has 1 amide bonds. The Morgan fingerprint density at radius 1 is 1.18 bits per heavy atom. The highest BCUT2D eigenvalue weighted by Gasteiger charge is 2.34. The number of hydrogen-bond acceptors (Lipinski definition) is 6. The van der Waals surface area contributed by atoms with Crippen LogP contribution in [-0.4, -0.2) is 93.7 Å². The molecule has 1 fully saturated rings. The van der Waals surface area contributed by atoms with E-state index in [4.69, 9.17) is 16.3 Å². The molecule has 1 saturated heterocycles. The number of piperidine rings is 1. The van der Waals surface area contributed by atoms with Gasteiger partial charge in [-0.15, -0.1) is 0 Å². The van der Waals surface area contributed by atoms with Crippen molar-refractivity contribution in [1.29, 1.82) is 0 Å². The van der Waals surface area contributed by atoms with Gasteiger partial charge in [0.2, 0.25) is 26.0 Å². The summed E-state index contributed by atoms with van der Waals surface area (Å²) in [5, 5.41) is 0.543. The van der Waals surface area contributed by atoms with E-state index in [0.29, 0.717) is 37.4 Å². The zero-order valence-electron chi connectivity index (χ0n) is 20.2. The molecule has 9 nitrogen and oxygen atoms in total. The first-order valence-electron chi connectivity index (χ1n) is 11.5. The first kappa shape index (κ1) is 29.0. The quantitative estimate of drug-likeness (QED) is 0.382. The van der Waals surface area contributed by atoms with Gasteiger partial charge in [0.15, 0.2) is 0 Å². The highest BCUT2D eigenvalue weighted by atomic mass is 35.5. The van der Waals surface area contributed by atoms with E-state index in [0.717, 1.165) is 5.56 Å². The van der Waals surface area contributed by atoms with Crippen molar-refractivity contribution in [2.24, 2.45) is 0 Å². The number of hydrogen-bond donors (Lipinski definition) is 0. The lowest BCUT2D eigenvalue weighted by atomic mass is 10.0. The zero-order valence-corrected chi connectivity index (χ0v) is 22.5. The summed E-state index contributed by atoms with van der Waals surface area (Å²) < 4.78 is 57.8. The van der Waals surface area contributed by atoms with Crippen molar-refractivity contribution in [1.82, 2.24) is 13.5 Å². The van der Waals surface area contributed by atoms with Gasteiger partial charge in [-0.1, -0.05) is 30.7 Å². The third-order valence-electron chi connectivity index (χ3n) is 5.90. The van der Waals surface area contributed by atoms with Crippen LogP contribution in [-0.2, 0) is 36.1 Å². The summed E-state index contributed by atoms with van der Waals surface area (Å²) in [5.41, 5.74) is 0.823. The Bertz CT molecular complexity index is 1010. The van der Waals surface area contributed by atoms with Crippen LogP contribution in [0.2, 0.25) is 5.02 Å². The van der Waals surface area contributed by atoms with Gasteiger partial charge in [-0.3, -0.25) is 4.79 Å². The Balaban J connectivity index is 2.26. The van der Waals surface area contributed by atoms with Gasteiger partial charge in [0, 0.05) is 44.4 Å². The normalized spacial score (nSPS) is 16.1. The molecule has 0 atom stereocenters. The van der Waals surface area contributed by atoms with Crippen molar-refractivity contribution in [2.75, 3.05) is 51.4 Å². The number of methoxy groups -OCH3 is 1. The second-order valence-corrected chi connectivity index (χ2v) is 13.1. The number of nitrogens with zero attached hydrogens (tertiary/aromatic N) is 3. The Morgan fingerprint density at radius 2 is 1.85 bits per heavy atom. The summed E-state index contributed by atoms with van der Waals surface area (Å²) in [6.45, 7) is 4.26. The van der Waals surface area contributed by atoms with Gasteiger partial charge < -0.3 is 9.64 Å². The fraction of sp³-hybridized carbons (Fsp3) is 0.682. The van der Waals surface area contributed by atoms with Crippen LogP contribution in [0, 0.1) is 0 Å². The smallest absolute Gasteiger partial charge is 0.238 e. The minimum atomic E-state index is -3.62. The molecule has 1 aliphatic heterocycles. The van der Waals surface area contributed by atoms with Crippen molar-refractivity contribution < 1.29 is 26.4 Å². The molecule has 0 spiro atoms.